The SMILES string of the molecule is c1ccc(N=NNN(c2ccccc2)c2ccn[nH]2)cc1. The summed E-state index contributed by atoms with van der Waals surface area (Å²) in [5.74, 6) is 0.771. The van der Waals surface area contributed by atoms with Crippen LogP contribution in [0.4, 0.5) is 17.2 Å². The lowest BCUT2D eigenvalue weighted by Crippen LogP contribution is -2.29. The van der Waals surface area contributed by atoms with E-state index < -0.39 is 0 Å². The summed E-state index contributed by atoms with van der Waals surface area (Å²) in [7, 11) is 0. The summed E-state index contributed by atoms with van der Waals surface area (Å²) >= 11 is 0. The zero-order valence-electron chi connectivity index (χ0n) is 11.2. The molecule has 0 radical (unpaired) electrons. The lowest BCUT2D eigenvalue weighted by atomic mass is 10.3. The molecule has 1 heterocycles. The minimum absolute atomic E-state index is 0.771. The van der Waals surface area contributed by atoms with Crippen molar-refractivity contribution < 1.29 is 0 Å². The summed E-state index contributed by atoms with van der Waals surface area (Å²) in [5.41, 5.74) is 4.61. The molecule has 3 aromatic rings. The van der Waals surface area contributed by atoms with Crippen LogP contribution in [0.15, 0.2) is 83.3 Å². The van der Waals surface area contributed by atoms with Crippen molar-refractivity contribution in [2.75, 3.05) is 5.01 Å². The van der Waals surface area contributed by atoms with Gasteiger partial charge in [0.05, 0.1) is 17.6 Å². The van der Waals surface area contributed by atoms with Crippen LogP contribution in [0.25, 0.3) is 0 Å². The van der Waals surface area contributed by atoms with Crippen molar-refractivity contribution in [3.63, 3.8) is 0 Å². The lowest BCUT2D eigenvalue weighted by Gasteiger charge is -2.20. The van der Waals surface area contributed by atoms with Crippen molar-refractivity contribution in [1.29, 1.82) is 0 Å². The molecule has 6 heteroatoms. The third-order valence-electron chi connectivity index (χ3n) is 2.81. The van der Waals surface area contributed by atoms with Crippen molar-refractivity contribution >= 4 is 17.2 Å². The van der Waals surface area contributed by atoms with E-state index in [1.165, 1.54) is 0 Å². The van der Waals surface area contributed by atoms with Crippen LogP contribution in [0.3, 0.4) is 0 Å². The van der Waals surface area contributed by atoms with E-state index in [2.05, 4.69) is 26.1 Å². The van der Waals surface area contributed by atoms with E-state index >= 15 is 0 Å². The molecular formula is C15H14N6. The van der Waals surface area contributed by atoms with Crippen molar-refractivity contribution in [2.24, 2.45) is 10.3 Å². The number of H-pyrrole nitrogens is 1. The number of hydrogen-bond donors (Lipinski definition) is 2. The van der Waals surface area contributed by atoms with Crippen LogP contribution in [-0.4, -0.2) is 10.2 Å². The largest absolute Gasteiger partial charge is 0.261 e. The van der Waals surface area contributed by atoms with Crippen LogP contribution in [0, 0.1) is 0 Å². The van der Waals surface area contributed by atoms with Crippen LogP contribution >= 0.6 is 0 Å². The molecule has 0 aliphatic rings. The molecule has 1 aromatic heterocycles. The second-order valence-electron chi connectivity index (χ2n) is 4.25. The first kappa shape index (κ1) is 12.9. The summed E-state index contributed by atoms with van der Waals surface area (Å²) in [5, 5.41) is 16.8. The number of nitrogens with zero attached hydrogens (tertiary/aromatic N) is 4. The Morgan fingerprint density at radius 3 is 2.29 bits per heavy atom. The maximum Gasteiger partial charge on any atom is 0.149 e. The molecule has 0 unspecified atom stereocenters. The summed E-state index contributed by atoms with van der Waals surface area (Å²) in [6.07, 6.45) is 1.68. The van der Waals surface area contributed by atoms with Gasteiger partial charge in [-0.2, -0.15) is 10.6 Å². The van der Waals surface area contributed by atoms with Crippen molar-refractivity contribution in [2.45, 2.75) is 0 Å². The highest BCUT2D eigenvalue weighted by Gasteiger charge is 2.08. The zero-order valence-corrected chi connectivity index (χ0v) is 11.2. The van der Waals surface area contributed by atoms with E-state index in [1.807, 2.05) is 66.7 Å². The molecule has 0 fully saturated rings. The van der Waals surface area contributed by atoms with Gasteiger partial charge in [0.1, 0.15) is 5.82 Å². The topological polar surface area (TPSA) is 68.7 Å². The second-order valence-corrected chi connectivity index (χ2v) is 4.25. The van der Waals surface area contributed by atoms with Gasteiger partial charge in [-0.15, -0.1) is 5.11 Å². The Labute approximate surface area is 122 Å². The van der Waals surface area contributed by atoms with Crippen molar-refractivity contribution in [3.05, 3.63) is 72.9 Å². The van der Waals surface area contributed by atoms with Crippen LogP contribution in [-0.2, 0) is 0 Å². The summed E-state index contributed by atoms with van der Waals surface area (Å²) < 4.78 is 0. The number of benzene rings is 2. The average molecular weight is 278 g/mol. The Morgan fingerprint density at radius 2 is 1.62 bits per heavy atom. The number of para-hydroxylation sites is 1. The van der Waals surface area contributed by atoms with Gasteiger partial charge in [-0.25, -0.2) is 5.01 Å². The third kappa shape index (κ3) is 3.24. The highest BCUT2D eigenvalue weighted by molar-refractivity contribution is 5.57. The van der Waals surface area contributed by atoms with E-state index in [9.17, 15) is 0 Å². The molecule has 6 nitrogen and oxygen atoms in total. The molecule has 3 rings (SSSR count). The van der Waals surface area contributed by atoms with Crippen LogP contribution in [0.2, 0.25) is 0 Å². The van der Waals surface area contributed by atoms with Crippen LogP contribution in [0.5, 0.6) is 0 Å². The van der Waals surface area contributed by atoms with Gasteiger partial charge in [-0.1, -0.05) is 41.6 Å². The molecule has 21 heavy (non-hydrogen) atoms. The molecule has 0 saturated carbocycles. The average Bonchev–Trinajstić information content (AvgIpc) is 3.07. The first-order valence-electron chi connectivity index (χ1n) is 6.49. The molecular weight excluding hydrogens is 264 g/mol. The normalized spacial score (nSPS) is 10.7. The Hall–Kier alpha value is -3.15. The first-order valence-corrected chi connectivity index (χ1v) is 6.49. The van der Waals surface area contributed by atoms with Gasteiger partial charge < -0.3 is 0 Å². The molecule has 2 aromatic carbocycles. The van der Waals surface area contributed by atoms with Crippen molar-refractivity contribution in [3.8, 4) is 0 Å². The Kier molecular flexibility index (Phi) is 3.88. The molecule has 0 bridgehead atoms. The molecule has 0 saturated heterocycles. The van der Waals surface area contributed by atoms with E-state index in [0.29, 0.717) is 0 Å². The highest BCUT2D eigenvalue weighted by atomic mass is 15.7. The lowest BCUT2D eigenvalue weighted by molar-refractivity contribution is 0.702. The number of aromatic nitrogens is 2. The molecule has 104 valence electrons. The van der Waals surface area contributed by atoms with Gasteiger partial charge in [-0.05, 0) is 24.3 Å². The van der Waals surface area contributed by atoms with Gasteiger partial charge in [0.15, 0.2) is 0 Å². The highest BCUT2D eigenvalue weighted by Crippen LogP contribution is 2.20. The number of rotatable bonds is 5. The van der Waals surface area contributed by atoms with E-state index in [0.717, 1.165) is 17.2 Å². The summed E-state index contributed by atoms with van der Waals surface area (Å²) in [6.45, 7) is 0. The van der Waals surface area contributed by atoms with Gasteiger partial charge in [-0.3, -0.25) is 5.10 Å². The third-order valence-corrected chi connectivity index (χ3v) is 2.81. The molecule has 0 aliphatic carbocycles. The number of nitrogens with one attached hydrogen (secondary N) is 2. The Bertz CT molecular complexity index is 679. The standard InChI is InChI=1S/C15H14N6/c1-3-7-13(8-4-1)17-19-20-21(15-11-12-16-18-15)14-9-5-2-6-10-14/h1-12H,(H,16,18)(H,17,20). The smallest absolute Gasteiger partial charge is 0.149 e. The molecule has 0 spiro atoms. The van der Waals surface area contributed by atoms with Crippen LogP contribution in [0.1, 0.15) is 0 Å². The first-order chi connectivity index (χ1) is 10.4. The molecule has 0 atom stereocenters. The number of anilines is 2. The summed E-state index contributed by atoms with van der Waals surface area (Å²) in [4.78, 5) is 0. The van der Waals surface area contributed by atoms with E-state index in [1.54, 1.807) is 11.2 Å². The van der Waals surface area contributed by atoms with Gasteiger partial charge >= 0.3 is 0 Å². The minimum atomic E-state index is 0.771. The van der Waals surface area contributed by atoms with E-state index in [-0.39, 0.29) is 0 Å². The fraction of sp³-hybridized carbons (Fsp3) is 0. The van der Waals surface area contributed by atoms with Gasteiger partial charge in [0.2, 0.25) is 0 Å². The molecule has 0 amide bonds. The maximum atomic E-state index is 4.12. The zero-order chi connectivity index (χ0) is 14.3. The summed E-state index contributed by atoms with van der Waals surface area (Å²) in [6, 6.07) is 21.2. The predicted molar refractivity (Wildman–Crippen MR) is 81.3 cm³/mol. The quantitative estimate of drug-likeness (QED) is 0.551. The molecule has 0 aliphatic heterocycles. The number of aromatic amines is 1. The maximum absolute atomic E-state index is 4.12. The van der Waals surface area contributed by atoms with Gasteiger partial charge in [0.25, 0.3) is 0 Å². The predicted octanol–water partition coefficient (Wildman–Crippen LogP) is 3.75. The fourth-order valence-electron chi connectivity index (χ4n) is 1.82. The Balaban J connectivity index is 1.79. The van der Waals surface area contributed by atoms with Crippen LogP contribution < -0.4 is 10.5 Å². The number of hydrogen-bond acceptors (Lipinski definition) is 4. The Morgan fingerprint density at radius 1 is 0.905 bits per heavy atom. The minimum Gasteiger partial charge on any atom is -0.261 e. The van der Waals surface area contributed by atoms with E-state index in [4.69, 9.17) is 0 Å². The number of hydrazine groups is 1. The fourth-order valence-corrected chi connectivity index (χ4v) is 1.82. The second kappa shape index (κ2) is 6.33. The molecule has 2 N–H and O–H groups in total. The van der Waals surface area contributed by atoms with Crippen molar-refractivity contribution in [1.82, 2.24) is 15.7 Å². The monoisotopic (exact) mass is 278 g/mol. The van der Waals surface area contributed by atoms with Gasteiger partial charge in [0, 0.05) is 6.07 Å².